The van der Waals surface area contributed by atoms with Crippen LogP contribution in [0.25, 0.3) is 0 Å². The van der Waals surface area contributed by atoms with Gasteiger partial charge >= 0.3 is 0 Å². The molecule has 0 aliphatic rings. The molecular weight excluding hydrogens is 386 g/mol. The van der Waals surface area contributed by atoms with Crippen molar-refractivity contribution >= 4 is 17.5 Å². The average molecular weight is 410 g/mol. The van der Waals surface area contributed by atoms with Gasteiger partial charge in [-0.3, -0.25) is 4.79 Å². The van der Waals surface area contributed by atoms with Gasteiger partial charge in [0.2, 0.25) is 0 Å². The largest absolute Gasteiger partial charge is 0.494 e. The zero-order valence-corrected chi connectivity index (χ0v) is 17.3. The second kappa shape index (κ2) is 9.99. The summed E-state index contributed by atoms with van der Waals surface area (Å²) in [5.41, 5.74) is 2.51. The van der Waals surface area contributed by atoms with Crippen LogP contribution in [-0.4, -0.2) is 12.5 Å². The zero-order chi connectivity index (χ0) is 20.6. The molecule has 1 N–H and O–H groups in total. The number of rotatable bonds is 8. The molecule has 3 aromatic rings. The molecule has 5 heteroatoms. The van der Waals surface area contributed by atoms with E-state index in [4.69, 9.17) is 21.1 Å². The van der Waals surface area contributed by atoms with Gasteiger partial charge < -0.3 is 14.8 Å². The zero-order valence-electron chi connectivity index (χ0n) is 16.5. The molecule has 1 amide bonds. The minimum Gasteiger partial charge on any atom is -0.494 e. The van der Waals surface area contributed by atoms with Crippen LogP contribution < -0.4 is 14.8 Å². The minimum absolute atomic E-state index is 0.116. The molecule has 0 heterocycles. The summed E-state index contributed by atoms with van der Waals surface area (Å²) in [6, 6.07) is 22.3. The number of ether oxygens (including phenoxy) is 2. The van der Waals surface area contributed by atoms with E-state index in [1.165, 1.54) is 0 Å². The average Bonchev–Trinajstić information content (AvgIpc) is 2.74. The Bertz CT molecular complexity index is 939. The maximum atomic E-state index is 12.5. The van der Waals surface area contributed by atoms with E-state index in [-0.39, 0.29) is 11.9 Å². The highest BCUT2D eigenvalue weighted by Gasteiger charge is 2.12. The Balaban J connectivity index is 1.56. The summed E-state index contributed by atoms with van der Waals surface area (Å²) >= 11 is 6.14. The van der Waals surface area contributed by atoms with E-state index in [0.717, 1.165) is 16.9 Å². The first-order valence-electron chi connectivity index (χ1n) is 9.56. The van der Waals surface area contributed by atoms with Crippen molar-refractivity contribution in [2.45, 2.75) is 26.5 Å². The monoisotopic (exact) mass is 409 g/mol. The number of benzene rings is 3. The van der Waals surface area contributed by atoms with Crippen molar-refractivity contribution in [2.24, 2.45) is 0 Å². The second-order valence-corrected chi connectivity index (χ2v) is 7.01. The third-order valence-electron chi connectivity index (χ3n) is 4.51. The molecule has 3 aromatic carbocycles. The van der Waals surface area contributed by atoms with Gasteiger partial charge in [-0.2, -0.15) is 0 Å². The van der Waals surface area contributed by atoms with Crippen LogP contribution in [-0.2, 0) is 6.61 Å². The van der Waals surface area contributed by atoms with Crippen LogP contribution in [0.15, 0.2) is 72.8 Å². The molecule has 0 radical (unpaired) electrons. The number of nitrogens with one attached hydrogen (secondary N) is 1. The maximum absolute atomic E-state index is 12.5. The van der Waals surface area contributed by atoms with Crippen LogP contribution in [0.3, 0.4) is 0 Å². The maximum Gasteiger partial charge on any atom is 0.251 e. The summed E-state index contributed by atoms with van der Waals surface area (Å²) in [4.78, 5) is 12.5. The molecule has 0 unspecified atom stereocenters. The first-order chi connectivity index (χ1) is 14.1. The molecule has 4 nitrogen and oxygen atoms in total. The van der Waals surface area contributed by atoms with Gasteiger partial charge in [-0.1, -0.05) is 41.9 Å². The molecule has 29 heavy (non-hydrogen) atoms. The predicted octanol–water partition coefficient (Wildman–Crippen LogP) is 5.81. The number of carbonyl (C=O) groups is 1. The predicted molar refractivity (Wildman–Crippen MR) is 116 cm³/mol. The Kier molecular flexibility index (Phi) is 7.14. The van der Waals surface area contributed by atoms with Crippen molar-refractivity contribution in [3.63, 3.8) is 0 Å². The lowest BCUT2D eigenvalue weighted by molar-refractivity contribution is 0.0940. The van der Waals surface area contributed by atoms with E-state index < -0.39 is 0 Å². The van der Waals surface area contributed by atoms with E-state index in [0.29, 0.717) is 29.5 Å². The van der Waals surface area contributed by atoms with Crippen LogP contribution in [0.4, 0.5) is 0 Å². The summed E-state index contributed by atoms with van der Waals surface area (Å²) in [6.45, 7) is 4.91. The van der Waals surface area contributed by atoms with Crippen LogP contribution in [0, 0.1) is 0 Å². The van der Waals surface area contributed by atoms with Crippen molar-refractivity contribution in [2.75, 3.05) is 6.61 Å². The van der Waals surface area contributed by atoms with Gasteiger partial charge in [0.1, 0.15) is 18.1 Å². The Labute approximate surface area is 176 Å². The van der Waals surface area contributed by atoms with Crippen molar-refractivity contribution in [1.29, 1.82) is 0 Å². The highest BCUT2D eigenvalue weighted by atomic mass is 35.5. The Hall–Kier alpha value is -2.98. The molecular formula is C24H24ClNO3. The van der Waals surface area contributed by atoms with Gasteiger partial charge in [-0.25, -0.2) is 0 Å². The van der Waals surface area contributed by atoms with Crippen molar-refractivity contribution in [3.8, 4) is 11.5 Å². The highest BCUT2D eigenvalue weighted by Crippen LogP contribution is 2.20. The molecule has 0 saturated carbocycles. The van der Waals surface area contributed by atoms with Gasteiger partial charge in [0.15, 0.2) is 0 Å². The van der Waals surface area contributed by atoms with Crippen molar-refractivity contribution in [1.82, 2.24) is 5.32 Å². The van der Waals surface area contributed by atoms with E-state index >= 15 is 0 Å². The summed E-state index contributed by atoms with van der Waals surface area (Å²) in [5.74, 6) is 1.37. The number of carbonyl (C=O) groups excluding carboxylic acids is 1. The van der Waals surface area contributed by atoms with Crippen LogP contribution in [0.5, 0.6) is 11.5 Å². The van der Waals surface area contributed by atoms with Crippen molar-refractivity contribution < 1.29 is 14.3 Å². The lowest BCUT2D eigenvalue weighted by Gasteiger charge is -2.15. The molecule has 150 valence electrons. The third kappa shape index (κ3) is 5.75. The molecule has 1 atom stereocenters. The first kappa shape index (κ1) is 20.7. The minimum atomic E-state index is -0.135. The molecule has 0 aromatic heterocycles. The SMILES string of the molecule is CCOc1ccc([C@H](C)NC(=O)c2ccc(OCc3ccccc3Cl)cc2)cc1. The fourth-order valence-electron chi connectivity index (χ4n) is 2.86. The molecule has 0 fully saturated rings. The molecule has 0 saturated heterocycles. The quantitative estimate of drug-likeness (QED) is 0.510. The lowest BCUT2D eigenvalue weighted by Crippen LogP contribution is -2.26. The smallest absolute Gasteiger partial charge is 0.251 e. The van der Waals surface area contributed by atoms with Gasteiger partial charge in [-0.05, 0) is 61.9 Å². The first-order valence-corrected chi connectivity index (χ1v) is 9.94. The van der Waals surface area contributed by atoms with E-state index in [1.807, 2.05) is 62.4 Å². The molecule has 0 aliphatic heterocycles. The normalized spacial score (nSPS) is 11.6. The number of halogens is 1. The number of hydrogen-bond donors (Lipinski definition) is 1. The van der Waals surface area contributed by atoms with Crippen LogP contribution in [0.2, 0.25) is 5.02 Å². The molecule has 0 aliphatic carbocycles. The molecule has 0 spiro atoms. The van der Waals surface area contributed by atoms with Crippen LogP contribution >= 0.6 is 11.6 Å². The standard InChI is InChI=1S/C24H24ClNO3/c1-3-28-21-12-8-18(9-13-21)17(2)26-24(27)19-10-14-22(15-11-19)29-16-20-6-4-5-7-23(20)25/h4-15,17H,3,16H2,1-2H3,(H,26,27)/t17-/m0/s1. The highest BCUT2D eigenvalue weighted by molar-refractivity contribution is 6.31. The molecule has 3 rings (SSSR count). The fourth-order valence-corrected chi connectivity index (χ4v) is 3.05. The number of amides is 1. The summed E-state index contributed by atoms with van der Waals surface area (Å²) in [5, 5.41) is 3.68. The lowest BCUT2D eigenvalue weighted by atomic mass is 10.1. The van der Waals surface area contributed by atoms with Gasteiger partial charge in [0, 0.05) is 16.1 Å². The Morgan fingerprint density at radius 1 is 0.931 bits per heavy atom. The summed E-state index contributed by atoms with van der Waals surface area (Å²) < 4.78 is 11.2. The second-order valence-electron chi connectivity index (χ2n) is 6.60. The van der Waals surface area contributed by atoms with Gasteiger partial charge in [0.05, 0.1) is 12.6 Å². The Morgan fingerprint density at radius 2 is 1.55 bits per heavy atom. The van der Waals surface area contributed by atoms with Crippen molar-refractivity contribution in [3.05, 3.63) is 94.5 Å². The Morgan fingerprint density at radius 3 is 2.21 bits per heavy atom. The number of hydrogen-bond acceptors (Lipinski definition) is 3. The summed E-state index contributed by atoms with van der Waals surface area (Å²) in [6.07, 6.45) is 0. The third-order valence-corrected chi connectivity index (χ3v) is 4.88. The molecule has 0 bridgehead atoms. The topological polar surface area (TPSA) is 47.6 Å². The van der Waals surface area contributed by atoms with Crippen LogP contribution in [0.1, 0.15) is 41.4 Å². The van der Waals surface area contributed by atoms with Gasteiger partial charge in [0.25, 0.3) is 5.91 Å². The van der Waals surface area contributed by atoms with E-state index in [1.54, 1.807) is 24.3 Å². The van der Waals surface area contributed by atoms with E-state index in [9.17, 15) is 4.79 Å². The van der Waals surface area contributed by atoms with Gasteiger partial charge in [-0.15, -0.1) is 0 Å². The fraction of sp³-hybridized carbons (Fsp3) is 0.208. The summed E-state index contributed by atoms with van der Waals surface area (Å²) in [7, 11) is 0. The van der Waals surface area contributed by atoms with E-state index in [2.05, 4.69) is 5.32 Å².